The Hall–Kier alpha value is -0.680. The molecule has 1 amide bonds. The highest BCUT2D eigenvalue weighted by Crippen LogP contribution is 2.33. The first-order valence-electron chi connectivity index (χ1n) is 6.24. The summed E-state index contributed by atoms with van der Waals surface area (Å²) in [7, 11) is 0. The Labute approximate surface area is 116 Å². The third-order valence-electron chi connectivity index (χ3n) is 3.72. The molecule has 18 heavy (non-hydrogen) atoms. The largest absolute Gasteiger partial charge is 0.345 e. The number of halogens is 1. The standard InChI is InChI=1S/C12H18ClN3OS/c1-8-3-5-12(7-13,6-4-8)14-11(17)10-9(2)15-16-18-10/h8H,3-7H2,1-2H3,(H,14,17). The molecule has 2 rings (SSSR count). The second kappa shape index (κ2) is 5.53. The maximum atomic E-state index is 12.2. The van der Waals surface area contributed by atoms with Crippen LogP contribution in [0.15, 0.2) is 0 Å². The summed E-state index contributed by atoms with van der Waals surface area (Å²) in [6.07, 6.45) is 4.14. The van der Waals surface area contributed by atoms with E-state index in [1.54, 1.807) is 6.92 Å². The van der Waals surface area contributed by atoms with E-state index in [1.807, 2.05) is 0 Å². The van der Waals surface area contributed by atoms with Gasteiger partial charge in [0.05, 0.1) is 11.2 Å². The van der Waals surface area contributed by atoms with Crippen LogP contribution in [-0.4, -0.2) is 26.9 Å². The van der Waals surface area contributed by atoms with E-state index in [2.05, 4.69) is 21.8 Å². The van der Waals surface area contributed by atoms with Crippen LogP contribution in [0.1, 0.15) is 48.0 Å². The minimum absolute atomic E-state index is 0.0855. The topological polar surface area (TPSA) is 54.9 Å². The zero-order valence-corrected chi connectivity index (χ0v) is 12.3. The van der Waals surface area contributed by atoms with Gasteiger partial charge in [-0.25, -0.2) is 0 Å². The third-order valence-corrected chi connectivity index (χ3v) is 5.06. The minimum Gasteiger partial charge on any atom is -0.345 e. The van der Waals surface area contributed by atoms with Gasteiger partial charge in [0.2, 0.25) is 0 Å². The van der Waals surface area contributed by atoms with Gasteiger partial charge in [-0.1, -0.05) is 11.4 Å². The Bertz CT molecular complexity index is 427. The molecule has 0 spiro atoms. The number of nitrogens with one attached hydrogen (secondary N) is 1. The van der Waals surface area contributed by atoms with Crippen molar-refractivity contribution in [2.45, 2.75) is 45.1 Å². The van der Waals surface area contributed by atoms with E-state index in [0.717, 1.165) is 43.1 Å². The molecular weight excluding hydrogens is 270 g/mol. The molecule has 1 aromatic heterocycles. The molecule has 0 radical (unpaired) electrons. The van der Waals surface area contributed by atoms with Crippen LogP contribution in [0.25, 0.3) is 0 Å². The molecule has 1 heterocycles. The van der Waals surface area contributed by atoms with Gasteiger partial charge < -0.3 is 5.32 Å². The number of aromatic nitrogens is 2. The van der Waals surface area contributed by atoms with E-state index in [9.17, 15) is 4.79 Å². The van der Waals surface area contributed by atoms with Gasteiger partial charge in [0.25, 0.3) is 5.91 Å². The average Bonchev–Trinajstić information content (AvgIpc) is 2.79. The molecule has 1 fully saturated rings. The molecule has 0 bridgehead atoms. The molecule has 1 aliphatic carbocycles. The number of carbonyl (C=O) groups is 1. The highest BCUT2D eigenvalue weighted by atomic mass is 35.5. The summed E-state index contributed by atoms with van der Waals surface area (Å²) in [6.45, 7) is 4.05. The molecule has 0 unspecified atom stereocenters. The number of alkyl halides is 1. The third kappa shape index (κ3) is 2.83. The second-order valence-electron chi connectivity index (χ2n) is 5.24. The summed E-state index contributed by atoms with van der Waals surface area (Å²) in [6, 6.07) is 0. The molecule has 4 nitrogen and oxygen atoms in total. The maximum absolute atomic E-state index is 12.2. The Morgan fingerprint density at radius 2 is 2.22 bits per heavy atom. The molecule has 1 aromatic rings. The molecule has 1 N–H and O–H groups in total. The van der Waals surface area contributed by atoms with Crippen LogP contribution in [0, 0.1) is 12.8 Å². The smallest absolute Gasteiger partial charge is 0.265 e. The van der Waals surface area contributed by atoms with Gasteiger partial charge >= 0.3 is 0 Å². The summed E-state index contributed by atoms with van der Waals surface area (Å²) in [5.41, 5.74) is 0.438. The maximum Gasteiger partial charge on any atom is 0.265 e. The number of nitrogens with zero attached hydrogens (tertiary/aromatic N) is 2. The van der Waals surface area contributed by atoms with E-state index in [4.69, 9.17) is 11.6 Å². The SMILES string of the molecule is Cc1nnsc1C(=O)NC1(CCl)CCC(C)CC1. The van der Waals surface area contributed by atoms with Crippen LogP contribution in [-0.2, 0) is 0 Å². The summed E-state index contributed by atoms with van der Waals surface area (Å²) < 4.78 is 3.79. The van der Waals surface area contributed by atoms with E-state index >= 15 is 0 Å². The minimum atomic E-state index is -0.248. The Morgan fingerprint density at radius 3 is 2.72 bits per heavy atom. The summed E-state index contributed by atoms with van der Waals surface area (Å²) in [5, 5.41) is 6.97. The molecular formula is C12H18ClN3OS. The van der Waals surface area contributed by atoms with Crippen LogP contribution in [0.2, 0.25) is 0 Å². The van der Waals surface area contributed by atoms with Gasteiger partial charge in [0.1, 0.15) is 4.88 Å². The van der Waals surface area contributed by atoms with Crippen LogP contribution in [0.3, 0.4) is 0 Å². The Balaban J connectivity index is 2.07. The predicted octanol–water partition coefficient (Wildman–Crippen LogP) is 2.76. The molecule has 6 heteroatoms. The number of amides is 1. The van der Waals surface area contributed by atoms with Crippen LogP contribution >= 0.6 is 23.1 Å². The lowest BCUT2D eigenvalue weighted by molar-refractivity contribution is 0.0876. The zero-order chi connectivity index (χ0) is 13.2. The van der Waals surface area contributed by atoms with Crippen molar-refractivity contribution in [3.63, 3.8) is 0 Å². The molecule has 0 saturated heterocycles. The molecule has 1 aliphatic rings. The zero-order valence-electron chi connectivity index (χ0n) is 10.7. The normalized spacial score (nSPS) is 28.1. The number of rotatable bonds is 3. The lowest BCUT2D eigenvalue weighted by atomic mass is 9.78. The second-order valence-corrected chi connectivity index (χ2v) is 6.26. The molecule has 100 valence electrons. The van der Waals surface area contributed by atoms with Crippen molar-refractivity contribution in [2.24, 2.45) is 5.92 Å². The number of hydrogen-bond acceptors (Lipinski definition) is 4. The van der Waals surface area contributed by atoms with Crippen LogP contribution < -0.4 is 5.32 Å². The predicted molar refractivity (Wildman–Crippen MR) is 73.2 cm³/mol. The van der Waals surface area contributed by atoms with Crippen molar-refractivity contribution in [2.75, 3.05) is 5.88 Å². The molecule has 0 aromatic carbocycles. The summed E-state index contributed by atoms with van der Waals surface area (Å²) >= 11 is 7.23. The first kappa shape index (κ1) is 13.7. The fourth-order valence-electron chi connectivity index (χ4n) is 2.34. The van der Waals surface area contributed by atoms with E-state index < -0.39 is 0 Å². The van der Waals surface area contributed by atoms with Crippen LogP contribution in [0.5, 0.6) is 0 Å². The van der Waals surface area contributed by atoms with Crippen molar-refractivity contribution in [3.05, 3.63) is 10.6 Å². The molecule has 0 atom stereocenters. The van der Waals surface area contributed by atoms with Gasteiger partial charge in [-0.05, 0) is 50.1 Å². The average molecular weight is 288 g/mol. The van der Waals surface area contributed by atoms with E-state index in [1.165, 1.54) is 0 Å². The Morgan fingerprint density at radius 1 is 1.56 bits per heavy atom. The first-order valence-corrected chi connectivity index (χ1v) is 7.54. The highest BCUT2D eigenvalue weighted by molar-refractivity contribution is 7.08. The van der Waals surface area contributed by atoms with Crippen molar-refractivity contribution < 1.29 is 4.79 Å². The van der Waals surface area contributed by atoms with Gasteiger partial charge in [-0.3, -0.25) is 4.79 Å². The van der Waals surface area contributed by atoms with Crippen molar-refractivity contribution in [1.82, 2.24) is 14.9 Å². The molecule has 0 aliphatic heterocycles. The quantitative estimate of drug-likeness (QED) is 0.870. The van der Waals surface area contributed by atoms with E-state index in [0.29, 0.717) is 16.5 Å². The van der Waals surface area contributed by atoms with Crippen molar-refractivity contribution in [3.8, 4) is 0 Å². The van der Waals surface area contributed by atoms with Gasteiger partial charge in [0.15, 0.2) is 0 Å². The highest BCUT2D eigenvalue weighted by Gasteiger charge is 2.35. The first-order chi connectivity index (χ1) is 8.56. The number of hydrogen-bond donors (Lipinski definition) is 1. The number of aryl methyl sites for hydroxylation is 1. The Kier molecular flexibility index (Phi) is 4.22. The fraction of sp³-hybridized carbons (Fsp3) is 0.750. The van der Waals surface area contributed by atoms with Crippen molar-refractivity contribution >= 4 is 29.0 Å². The van der Waals surface area contributed by atoms with Gasteiger partial charge in [0, 0.05) is 5.88 Å². The molecule has 1 saturated carbocycles. The lowest BCUT2D eigenvalue weighted by Crippen LogP contribution is -2.52. The summed E-state index contributed by atoms with van der Waals surface area (Å²) in [4.78, 5) is 12.8. The van der Waals surface area contributed by atoms with Crippen molar-refractivity contribution in [1.29, 1.82) is 0 Å². The van der Waals surface area contributed by atoms with E-state index in [-0.39, 0.29) is 11.4 Å². The number of carbonyl (C=O) groups excluding carboxylic acids is 1. The monoisotopic (exact) mass is 287 g/mol. The fourth-order valence-corrected chi connectivity index (χ4v) is 3.23. The lowest BCUT2D eigenvalue weighted by Gasteiger charge is -2.38. The summed E-state index contributed by atoms with van der Waals surface area (Å²) in [5.74, 6) is 1.11. The van der Waals surface area contributed by atoms with Gasteiger partial charge in [-0.2, -0.15) is 0 Å². The van der Waals surface area contributed by atoms with Crippen LogP contribution in [0.4, 0.5) is 0 Å². The van der Waals surface area contributed by atoms with Gasteiger partial charge in [-0.15, -0.1) is 16.7 Å².